The van der Waals surface area contributed by atoms with Gasteiger partial charge in [0, 0.05) is 20.1 Å². The van der Waals surface area contributed by atoms with Gasteiger partial charge in [-0.3, -0.25) is 9.79 Å². The first-order valence-corrected chi connectivity index (χ1v) is 4.71. The number of aliphatic imine (C=N–C) groups is 2. The first kappa shape index (κ1) is 14.2. The van der Waals surface area contributed by atoms with Crippen LogP contribution in [-0.2, 0) is 9.53 Å². The first-order valence-electron chi connectivity index (χ1n) is 4.71. The molecule has 0 aromatic rings. The van der Waals surface area contributed by atoms with E-state index < -0.39 is 0 Å². The minimum absolute atomic E-state index is 0.0373. The van der Waals surface area contributed by atoms with Crippen LogP contribution in [0, 0.1) is 0 Å². The molecule has 0 aliphatic carbocycles. The highest BCUT2D eigenvalue weighted by Gasteiger charge is 1.99. The molecule has 7 N–H and O–H groups in total. The molecule has 0 bridgehead atoms. The fourth-order valence-corrected chi connectivity index (χ4v) is 0.821. The van der Waals surface area contributed by atoms with Crippen LogP contribution in [0.2, 0.25) is 0 Å². The number of nitrogens with one attached hydrogen (secondary N) is 1. The number of amides is 1. The van der Waals surface area contributed by atoms with Gasteiger partial charge in [-0.15, -0.1) is 0 Å². The Kier molecular flexibility index (Phi) is 7.51. The fraction of sp³-hybridized carbons (Fsp3) is 0.625. The van der Waals surface area contributed by atoms with E-state index in [2.05, 4.69) is 15.3 Å². The third-order valence-corrected chi connectivity index (χ3v) is 1.48. The summed E-state index contributed by atoms with van der Waals surface area (Å²) < 4.78 is 4.77. The molecule has 0 saturated heterocycles. The summed E-state index contributed by atoms with van der Waals surface area (Å²) in [5.74, 6) is -0.325. The van der Waals surface area contributed by atoms with Gasteiger partial charge in [-0.05, 0) is 0 Å². The topological polar surface area (TPSA) is 141 Å². The van der Waals surface area contributed by atoms with Crippen LogP contribution in [0.25, 0.3) is 0 Å². The summed E-state index contributed by atoms with van der Waals surface area (Å²) >= 11 is 0. The summed E-state index contributed by atoms with van der Waals surface area (Å²) in [6, 6.07) is 0. The smallest absolute Gasteiger partial charge is 0.221 e. The van der Waals surface area contributed by atoms with Crippen molar-refractivity contribution in [2.75, 3.05) is 26.8 Å². The minimum Gasteiger partial charge on any atom is -0.383 e. The summed E-state index contributed by atoms with van der Waals surface area (Å²) in [7, 11) is 1.56. The SMILES string of the molecule is COCCNC(=O)CCN=C(N)N=C(N)N. The number of carbonyl (C=O) groups excluding carboxylic acids is 1. The van der Waals surface area contributed by atoms with Gasteiger partial charge in [0.25, 0.3) is 0 Å². The molecule has 92 valence electrons. The van der Waals surface area contributed by atoms with Gasteiger partial charge in [-0.25, -0.2) is 0 Å². The van der Waals surface area contributed by atoms with Crippen molar-refractivity contribution < 1.29 is 9.53 Å². The van der Waals surface area contributed by atoms with Crippen molar-refractivity contribution in [3.05, 3.63) is 0 Å². The molecule has 0 radical (unpaired) electrons. The number of guanidine groups is 2. The molecule has 0 atom stereocenters. The van der Waals surface area contributed by atoms with Crippen molar-refractivity contribution in [3.63, 3.8) is 0 Å². The zero-order chi connectivity index (χ0) is 12.4. The molecule has 16 heavy (non-hydrogen) atoms. The number of nitrogens with two attached hydrogens (primary N) is 3. The predicted molar refractivity (Wildman–Crippen MR) is 61.8 cm³/mol. The van der Waals surface area contributed by atoms with E-state index in [1.165, 1.54) is 0 Å². The van der Waals surface area contributed by atoms with Crippen LogP contribution in [0.15, 0.2) is 9.98 Å². The van der Waals surface area contributed by atoms with Gasteiger partial charge in [-0.1, -0.05) is 0 Å². The maximum atomic E-state index is 11.2. The standard InChI is InChI=1S/C8H18N6O2/c1-16-5-4-12-6(15)2-3-13-8(11)14-7(9)10/h2-5H2,1H3,(H,12,15)(H6,9,10,11,13,14). The molecule has 0 aliphatic rings. The molecule has 0 aromatic carbocycles. The quantitative estimate of drug-likeness (QED) is 0.231. The van der Waals surface area contributed by atoms with E-state index in [1.807, 2.05) is 0 Å². The summed E-state index contributed by atoms with van der Waals surface area (Å²) in [6.07, 6.45) is 0.227. The highest BCUT2D eigenvalue weighted by molar-refractivity contribution is 5.92. The molecular formula is C8H18N6O2. The van der Waals surface area contributed by atoms with Crippen LogP contribution in [0.4, 0.5) is 0 Å². The molecule has 0 aliphatic heterocycles. The third kappa shape index (κ3) is 8.75. The van der Waals surface area contributed by atoms with Crippen molar-refractivity contribution >= 4 is 17.8 Å². The Morgan fingerprint density at radius 2 is 2.06 bits per heavy atom. The second-order valence-corrected chi connectivity index (χ2v) is 2.87. The second kappa shape index (κ2) is 8.48. The van der Waals surface area contributed by atoms with Gasteiger partial charge in [0.15, 0.2) is 5.96 Å². The lowest BCUT2D eigenvalue weighted by Crippen LogP contribution is -2.28. The zero-order valence-corrected chi connectivity index (χ0v) is 9.27. The Hall–Kier alpha value is -1.83. The van der Waals surface area contributed by atoms with E-state index in [0.717, 1.165) is 0 Å². The van der Waals surface area contributed by atoms with Crippen molar-refractivity contribution in [2.45, 2.75) is 6.42 Å². The van der Waals surface area contributed by atoms with Gasteiger partial charge in [0.1, 0.15) is 0 Å². The molecule has 8 nitrogen and oxygen atoms in total. The summed E-state index contributed by atoms with van der Waals surface area (Å²) in [6.45, 7) is 1.19. The van der Waals surface area contributed by atoms with Crippen molar-refractivity contribution in [1.29, 1.82) is 0 Å². The molecule has 1 amide bonds. The van der Waals surface area contributed by atoms with Gasteiger partial charge in [0.05, 0.1) is 13.2 Å². The van der Waals surface area contributed by atoms with Gasteiger partial charge in [0.2, 0.25) is 11.9 Å². The Bertz CT molecular complexity index is 272. The van der Waals surface area contributed by atoms with Crippen LogP contribution in [0.1, 0.15) is 6.42 Å². The summed E-state index contributed by atoms with van der Waals surface area (Å²) in [5.41, 5.74) is 15.5. The second-order valence-electron chi connectivity index (χ2n) is 2.87. The number of hydrogen-bond donors (Lipinski definition) is 4. The van der Waals surface area contributed by atoms with Crippen LogP contribution in [0.5, 0.6) is 0 Å². The number of carbonyl (C=O) groups is 1. The van der Waals surface area contributed by atoms with E-state index >= 15 is 0 Å². The maximum Gasteiger partial charge on any atom is 0.221 e. The average molecular weight is 230 g/mol. The maximum absolute atomic E-state index is 11.2. The number of hydrogen-bond acceptors (Lipinski definition) is 3. The van der Waals surface area contributed by atoms with E-state index in [-0.39, 0.29) is 30.8 Å². The van der Waals surface area contributed by atoms with E-state index in [1.54, 1.807) is 7.11 Å². The van der Waals surface area contributed by atoms with Crippen LogP contribution >= 0.6 is 0 Å². The summed E-state index contributed by atoms with van der Waals surface area (Å²) in [5, 5.41) is 2.64. The largest absolute Gasteiger partial charge is 0.383 e. The molecule has 0 rings (SSSR count). The third-order valence-electron chi connectivity index (χ3n) is 1.48. The molecule has 0 aromatic heterocycles. The molecule has 0 heterocycles. The average Bonchev–Trinajstić information content (AvgIpc) is 2.17. The monoisotopic (exact) mass is 230 g/mol. The van der Waals surface area contributed by atoms with E-state index in [4.69, 9.17) is 21.9 Å². The molecular weight excluding hydrogens is 212 g/mol. The van der Waals surface area contributed by atoms with Gasteiger partial charge in [-0.2, -0.15) is 4.99 Å². The lowest BCUT2D eigenvalue weighted by Gasteiger charge is -2.02. The normalized spacial score (nSPS) is 10.9. The van der Waals surface area contributed by atoms with Crippen LogP contribution in [-0.4, -0.2) is 44.6 Å². The number of ether oxygens (including phenoxy) is 1. The minimum atomic E-state index is -0.161. The van der Waals surface area contributed by atoms with E-state index in [0.29, 0.717) is 13.2 Å². The lowest BCUT2D eigenvalue weighted by molar-refractivity contribution is -0.121. The Morgan fingerprint density at radius 1 is 1.38 bits per heavy atom. The number of methoxy groups -OCH3 is 1. The predicted octanol–water partition coefficient (Wildman–Crippen LogP) is -2.27. The van der Waals surface area contributed by atoms with Crippen LogP contribution in [0.3, 0.4) is 0 Å². The Labute approximate surface area is 93.9 Å². The van der Waals surface area contributed by atoms with Crippen LogP contribution < -0.4 is 22.5 Å². The van der Waals surface area contributed by atoms with Gasteiger partial charge < -0.3 is 27.3 Å². The zero-order valence-electron chi connectivity index (χ0n) is 9.27. The lowest BCUT2D eigenvalue weighted by atomic mass is 10.4. The molecule has 0 spiro atoms. The first-order chi connectivity index (χ1) is 7.56. The Morgan fingerprint density at radius 3 is 2.62 bits per heavy atom. The molecule has 8 heteroatoms. The number of nitrogens with zero attached hydrogens (tertiary/aromatic N) is 2. The highest BCUT2D eigenvalue weighted by atomic mass is 16.5. The van der Waals surface area contributed by atoms with Gasteiger partial charge >= 0.3 is 0 Å². The molecule has 0 saturated carbocycles. The fourth-order valence-electron chi connectivity index (χ4n) is 0.821. The highest BCUT2D eigenvalue weighted by Crippen LogP contribution is 1.83. The van der Waals surface area contributed by atoms with Crippen molar-refractivity contribution in [2.24, 2.45) is 27.2 Å². The van der Waals surface area contributed by atoms with E-state index in [9.17, 15) is 4.79 Å². The Balaban J connectivity index is 3.72. The van der Waals surface area contributed by atoms with Crippen molar-refractivity contribution in [3.8, 4) is 0 Å². The molecule has 0 fully saturated rings. The van der Waals surface area contributed by atoms with Crippen molar-refractivity contribution in [1.82, 2.24) is 5.32 Å². The molecule has 0 unspecified atom stereocenters. The summed E-state index contributed by atoms with van der Waals surface area (Å²) in [4.78, 5) is 18.4. The number of rotatable bonds is 6.